The molecule has 2 atom stereocenters. The van der Waals surface area contributed by atoms with Gasteiger partial charge in [-0.25, -0.2) is 4.98 Å². The fraction of sp³-hybridized carbons (Fsp3) is 0.579. The number of piperidine rings is 1. The number of rotatable bonds is 6. The molecule has 6 heteroatoms. The van der Waals surface area contributed by atoms with Gasteiger partial charge in [-0.15, -0.1) is 11.3 Å². The first-order valence-corrected chi connectivity index (χ1v) is 9.91. The molecule has 0 aromatic carbocycles. The van der Waals surface area contributed by atoms with E-state index in [1.165, 1.54) is 17.0 Å². The van der Waals surface area contributed by atoms with Crippen LogP contribution in [-0.2, 0) is 22.6 Å². The van der Waals surface area contributed by atoms with E-state index in [-0.39, 0.29) is 5.41 Å². The lowest BCUT2D eigenvalue weighted by atomic mass is 9.73. The van der Waals surface area contributed by atoms with Crippen LogP contribution >= 0.6 is 11.3 Å². The fourth-order valence-corrected chi connectivity index (χ4v) is 4.76. The van der Waals surface area contributed by atoms with Crippen molar-refractivity contribution in [3.05, 3.63) is 46.7 Å². The van der Waals surface area contributed by atoms with Gasteiger partial charge in [0, 0.05) is 49.1 Å². The van der Waals surface area contributed by atoms with Crippen molar-refractivity contribution in [1.82, 2.24) is 14.9 Å². The summed E-state index contributed by atoms with van der Waals surface area (Å²) >= 11 is 1.74. The number of fused-ring (bicyclic) bond motifs is 1. The summed E-state index contributed by atoms with van der Waals surface area (Å²) in [4.78, 5) is 11.0. The minimum atomic E-state index is 0.112. The SMILES string of the molecule is c1cc(COC[C@@]23CCCO[C@H]2CCN(Cc2nccs2)C3)ccn1. The maximum absolute atomic E-state index is 6.16. The lowest BCUT2D eigenvalue weighted by molar-refractivity contribution is -0.155. The van der Waals surface area contributed by atoms with Crippen molar-refractivity contribution in [2.24, 2.45) is 5.41 Å². The molecule has 5 nitrogen and oxygen atoms in total. The van der Waals surface area contributed by atoms with Gasteiger partial charge in [0.15, 0.2) is 0 Å². The Morgan fingerprint density at radius 1 is 1.32 bits per heavy atom. The zero-order chi connectivity index (χ0) is 17.0. The molecule has 25 heavy (non-hydrogen) atoms. The van der Waals surface area contributed by atoms with Crippen molar-refractivity contribution in [2.75, 3.05) is 26.3 Å². The minimum Gasteiger partial charge on any atom is -0.377 e. The number of likely N-dealkylation sites (tertiary alicyclic amines) is 1. The summed E-state index contributed by atoms with van der Waals surface area (Å²) < 4.78 is 12.3. The standard InChI is InChI=1S/C19H25N3O2S/c1-5-19(15-23-13-16-2-6-20-7-3-16)14-22(9-4-17(19)24-10-1)12-18-21-8-11-25-18/h2-3,6-8,11,17H,1,4-5,9-10,12-15H2/t17-,19-/m0/s1. The lowest BCUT2D eigenvalue weighted by Gasteiger charge is -2.50. The number of pyridine rings is 1. The molecule has 2 aliphatic heterocycles. The Morgan fingerprint density at radius 2 is 2.24 bits per heavy atom. The van der Waals surface area contributed by atoms with E-state index < -0.39 is 0 Å². The monoisotopic (exact) mass is 359 g/mol. The number of ether oxygens (including phenoxy) is 2. The summed E-state index contributed by atoms with van der Waals surface area (Å²) in [7, 11) is 0. The molecule has 2 fully saturated rings. The average Bonchev–Trinajstić information content (AvgIpc) is 3.15. The molecule has 4 heterocycles. The zero-order valence-electron chi connectivity index (χ0n) is 14.5. The van der Waals surface area contributed by atoms with Crippen LogP contribution in [0.25, 0.3) is 0 Å². The van der Waals surface area contributed by atoms with E-state index in [0.717, 1.165) is 45.7 Å². The number of hydrogen-bond acceptors (Lipinski definition) is 6. The quantitative estimate of drug-likeness (QED) is 0.793. The van der Waals surface area contributed by atoms with E-state index >= 15 is 0 Å². The average molecular weight is 359 g/mol. The first-order valence-electron chi connectivity index (χ1n) is 9.03. The Kier molecular flexibility index (Phi) is 5.41. The number of aromatic nitrogens is 2. The molecular weight excluding hydrogens is 334 g/mol. The number of thiazole rings is 1. The van der Waals surface area contributed by atoms with E-state index in [2.05, 4.69) is 20.2 Å². The molecular formula is C19H25N3O2S. The van der Waals surface area contributed by atoms with Crippen LogP contribution in [0.15, 0.2) is 36.1 Å². The summed E-state index contributed by atoms with van der Waals surface area (Å²) in [6, 6.07) is 4.03. The smallest absolute Gasteiger partial charge is 0.107 e. The van der Waals surface area contributed by atoms with Crippen LogP contribution in [0.2, 0.25) is 0 Å². The van der Waals surface area contributed by atoms with Crippen LogP contribution in [-0.4, -0.2) is 47.3 Å². The summed E-state index contributed by atoms with van der Waals surface area (Å²) in [5.74, 6) is 0. The van der Waals surface area contributed by atoms with Crippen LogP contribution < -0.4 is 0 Å². The highest BCUT2D eigenvalue weighted by atomic mass is 32.1. The molecule has 0 amide bonds. The molecule has 2 saturated heterocycles. The van der Waals surface area contributed by atoms with Crippen molar-refractivity contribution in [2.45, 2.75) is 38.5 Å². The summed E-state index contributed by atoms with van der Waals surface area (Å²) in [5, 5.41) is 3.25. The Hall–Kier alpha value is -1.34. The van der Waals surface area contributed by atoms with Gasteiger partial charge in [-0.3, -0.25) is 9.88 Å². The maximum atomic E-state index is 6.16. The Balaban J connectivity index is 1.40. The second kappa shape index (κ2) is 7.91. The molecule has 2 aliphatic rings. The normalized spacial score (nSPS) is 27.1. The zero-order valence-corrected chi connectivity index (χ0v) is 15.3. The lowest BCUT2D eigenvalue weighted by Crippen LogP contribution is -2.56. The minimum absolute atomic E-state index is 0.112. The molecule has 4 rings (SSSR count). The van der Waals surface area contributed by atoms with Gasteiger partial charge < -0.3 is 9.47 Å². The topological polar surface area (TPSA) is 47.5 Å². The van der Waals surface area contributed by atoms with Gasteiger partial charge in [0.05, 0.1) is 25.9 Å². The van der Waals surface area contributed by atoms with Gasteiger partial charge in [-0.2, -0.15) is 0 Å². The third-order valence-electron chi connectivity index (χ3n) is 5.32. The molecule has 0 spiro atoms. The van der Waals surface area contributed by atoms with E-state index in [1.807, 2.05) is 30.7 Å². The summed E-state index contributed by atoms with van der Waals surface area (Å²) in [5.41, 5.74) is 1.29. The van der Waals surface area contributed by atoms with E-state index in [9.17, 15) is 0 Å². The van der Waals surface area contributed by atoms with E-state index in [1.54, 1.807) is 11.3 Å². The van der Waals surface area contributed by atoms with Crippen LogP contribution in [0.1, 0.15) is 29.8 Å². The van der Waals surface area contributed by atoms with Crippen molar-refractivity contribution >= 4 is 11.3 Å². The number of nitrogens with zero attached hydrogens (tertiary/aromatic N) is 3. The molecule has 0 bridgehead atoms. The van der Waals surface area contributed by atoms with Crippen molar-refractivity contribution in [3.8, 4) is 0 Å². The van der Waals surface area contributed by atoms with Gasteiger partial charge in [0.1, 0.15) is 5.01 Å². The van der Waals surface area contributed by atoms with Crippen LogP contribution in [0, 0.1) is 5.41 Å². The van der Waals surface area contributed by atoms with Crippen LogP contribution in [0.3, 0.4) is 0 Å². The van der Waals surface area contributed by atoms with Crippen molar-refractivity contribution < 1.29 is 9.47 Å². The van der Waals surface area contributed by atoms with Gasteiger partial charge in [-0.05, 0) is 37.0 Å². The second-order valence-electron chi connectivity index (χ2n) is 7.10. The third kappa shape index (κ3) is 4.08. The van der Waals surface area contributed by atoms with Gasteiger partial charge in [0.2, 0.25) is 0 Å². The van der Waals surface area contributed by atoms with Crippen LogP contribution in [0.4, 0.5) is 0 Å². The number of hydrogen-bond donors (Lipinski definition) is 0. The molecule has 0 aliphatic carbocycles. The van der Waals surface area contributed by atoms with Gasteiger partial charge >= 0.3 is 0 Å². The molecule has 0 N–H and O–H groups in total. The predicted molar refractivity (Wildman–Crippen MR) is 97.3 cm³/mol. The predicted octanol–water partition coefficient (Wildman–Crippen LogP) is 3.13. The first-order chi connectivity index (χ1) is 12.3. The summed E-state index contributed by atoms with van der Waals surface area (Å²) in [6.07, 6.45) is 9.25. The van der Waals surface area contributed by atoms with E-state index in [0.29, 0.717) is 12.7 Å². The molecule has 134 valence electrons. The maximum Gasteiger partial charge on any atom is 0.107 e. The highest BCUT2D eigenvalue weighted by molar-refractivity contribution is 7.09. The first kappa shape index (κ1) is 17.1. The summed E-state index contributed by atoms with van der Waals surface area (Å²) in [6.45, 7) is 5.35. The van der Waals surface area contributed by atoms with Crippen LogP contribution in [0.5, 0.6) is 0 Å². The molecule has 2 aromatic rings. The Labute approximate surface area is 153 Å². The molecule has 0 radical (unpaired) electrons. The highest BCUT2D eigenvalue weighted by Crippen LogP contribution is 2.41. The van der Waals surface area contributed by atoms with Crippen molar-refractivity contribution in [3.63, 3.8) is 0 Å². The molecule has 0 unspecified atom stereocenters. The fourth-order valence-electron chi connectivity index (χ4n) is 4.10. The van der Waals surface area contributed by atoms with E-state index in [4.69, 9.17) is 9.47 Å². The van der Waals surface area contributed by atoms with Crippen molar-refractivity contribution in [1.29, 1.82) is 0 Å². The largest absolute Gasteiger partial charge is 0.377 e. The second-order valence-corrected chi connectivity index (χ2v) is 8.08. The Bertz CT molecular complexity index is 652. The van der Waals surface area contributed by atoms with Gasteiger partial charge in [0.25, 0.3) is 0 Å². The highest BCUT2D eigenvalue weighted by Gasteiger charge is 2.46. The third-order valence-corrected chi connectivity index (χ3v) is 6.08. The van der Waals surface area contributed by atoms with Gasteiger partial charge in [-0.1, -0.05) is 0 Å². The molecule has 2 aromatic heterocycles. The Morgan fingerprint density at radius 3 is 3.08 bits per heavy atom. The molecule has 0 saturated carbocycles.